The fourth-order valence-electron chi connectivity index (χ4n) is 3.78. The van der Waals surface area contributed by atoms with Crippen LogP contribution in [-0.4, -0.2) is 82.7 Å². The van der Waals surface area contributed by atoms with Gasteiger partial charge in [-0.1, -0.05) is 38.5 Å². The molecule has 2 amide bonds. The van der Waals surface area contributed by atoms with E-state index in [2.05, 4.69) is 4.90 Å². The average Bonchev–Trinajstić information content (AvgIpc) is 2.80. The molecule has 2 N–H and O–H groups in total. The van der Waals surface area contributed by atoms with E-state index in [0.717, 1.165) is 45.4 Å². The molecule has 8 heteroatoms. The first kappa shape index (κ1) is 29.8. The fourth-order valence-corrected chi connectivity index (χ4v) is 3.78. The Kier molecular flexibility index (Phi) is 20.4. The molecule has 0 saturated carbocycles. The molecule has 0 unspecified atom stereocenters. The number of likely N-dealkylation sites (tertiary alicyclic amines) is 1. The summed E-state index contributed by atoms with van der Waals surface area (Å²) in [6.45, 7) is 6.63. The van der Waals surface area contributed by atoms with Gasteiger partial charge in [0.25, 0.3) is 0 Å². The van der Waals surface area contributed by atoms with Crippen LogP contribution in [0.15, 0.2) is 0 Å². The molecule has 0 spiro atoms. The maximum atomic E-state index is 11.7. The van der Waals surface area contributed by atoms with Crippen LogP contribution in [-0.2, 0) is 28.5 Å². The number of unbranched alkanes of at least 4 members (excludes halogenated alkanes) is 7. The summed E-state index contributed by atoms with van der Waals surface area (Å²) in [5, 5.41) is 0. The van der Waals surface area contributed by atoms with Crippen molar-refractivity contribution in [3.8, 4) is 0 Å². The molecule has 1 fully saturated rings. The first-order valence-electron chi connectivity index (χ1n) is 13.1. The van der Waals surface area contributed by atoms with Crippen molar-refractivity contribution in [3.05, 3.63) is 0 Å². The third-order valence-electron chi connectivity index (χ3n) is 5.72. The molecule has 0 bridgehead atoms. The Morgan fingerprint density at radius 1 is 0.667 bits per heavy atom. The van der Waals surface area contributed by atoms with E-state index in [4.69, 9.17) is 24.7 Å². The fraction of sp³-hybridized carbons (Fsp3) is 0.920. The minimum atomic E-state index is -0.294. The summed E-state index contributed by atoms with van der Waals surface area (Å²) in [6.07, 6.45) is 13.9. The quantitative estimate of drug-likeness (QED) is 0.216. The van der Waals surface area contributed by atoms with Crippen LogP contribution in [0.5, 0.6) is 0 Å². The van der Waals surface area contributed by atoms with Gasteiger partial charge in [-0.3, -0.25) is 9.59 Å². The SMILES string of the molecule is NC(=O)CCCOCCOCCOCCOCCCCCCCCCCN1CCCCC1=O. The molecule has 0 aromatic carbocycles. The molecule has 194 valence electrons. The van der Waals surface area contributed by atoms with E-state index in [0.29, 0.717) is 65.0 Å². The lowest BCUT2D eigenvalue weighted by molar-refractivity contribution is -0.133. The van der Waals surface area contributed by atoms with Crippen molar-refractivity contribution in [2.45, 2.75) is 83.5 Å². The highest BCUT2D eigenvalue weighted by Gasteiger charge is 2.16. The summed E-state index contributed by atoms with van der Waals surface area (Å²) in [6, 6.07) is 0. The van der Waals surface area contributed by atoms with E-state index >= 15 is 0 Å². The number of primary amides is 1. The molecule has 8 nitrogen and oxygen atoms in total. The Balaban J connectivity index is 1.66. The van der Waals surface area contributed by atoms with Crippen molar-refractivity contribution in [2.75, 3.05) is 65.9 Å². The molecule has 1 rings (SSSR count). The van der Waals surface area contributed by atoms with Crippen molar-refractivity contribution < 1.29 is 28.5 Å². The van der Waals surface area contributed by atoms with Crippen LogP contribution in [0.25, 0.3) is 0 Å². The van der Waals surface area contributed by atoms with Crippen molar-refractivity contribution in [1.82, 2.24) is 4.90 Å². The summed E-state index contributed by atoms with van der Waals surface area (Å²) >= 11 is 0. The molecular weight excluding hydrogens is 424 g/mol. The van der Waals surface area contributed by atoms with Crippen molar-refractivity contribution in [3.63, 3.8) is 0 Å². The second kappa shape index (κ2) is 22.6. The van der Waals surface area contributed by atoms with E-state index in [1.165, 1.54) is 44.9 Å². The maximum Gasteiger partial charge on any atom is 0.222 e. The summed E-state index contributed by atoms with van der Waals surface area (Å²) in [5.41, 5.74) is 5.05. The van der Waals surface area contributed by atoms with Gasteiger partial charge in [0.15, 0.2) is 0 Å². The monoisotopic (exact) mass is 472 g/mol. The molecule has 0 aromatic rings. The third kappa shape index (κ3) is 19.9. The van der Waals surface area contributed by atoms with Gasteiger partial charge >= 0.3 is 0 Å². The summed E-state index contributed by atoms with van der Waals surface area (Å²) in [4.78, 5) is 24.4. The van der Waals surface area contributed by atoms with Crippen LogP contribution < -0.4 is 5.73 Å². The number of piperidine rings is 1. The molecule has 0 aromatic heterocycles. The zero-order valence-corrected chi connectivity index (χ0v) is 20.7. The first-order chi connectivity index (χ1) is 16.2. The topological polar surface area (TPSA) is 100 Å². The van der Waals surface area contributed by atoms with Crippen LogP contribution in [0.4, 0.5) is 0 Å². The van der Waals surface area contributed by atoms with E-state index in [1.807, 2.05) is 0 Å². The second-order valence-corrected chi connectivity index (χ2v) is 8.69. The number of ether oxygens (including phenoxy) is 4. The van der Waals surface area contributed by atoms with Gasteiger partial charge in [0.05, 0.1) is 39.6 Å². The highest BCUT2D eigenvalue weighted by Crippen LogP contribution is 2.13. The lowest BCUT2D eigenvalue weighted by atomic mass is 10.1. The molecule has 1 saturated heterocycles. The van der Waals surface area contributed by atoms with Gasteiger partial charge in [0.1, 0.15) is 0 Å². The van der Waals surface area contributed by atoms with Gasteiger partial charge in [0.2, 0.25) is 11.8 Å². The minimum absolute atomic E-state index is 0.294. The van der Waals surface area contributed by atoms with E-state index in [1.54, 1.807) is 0 Å². The van der Waals surface area contributed by atoms with Gasteiger partial charge in [-0.05, 0) is 32.1 Å². The average molecular weight is 473 g/mol. The molecule has 1 aliphatic rings. The summed E-state index contributed by atoms with van der Waals surface area (Å²) in [5.74, 6) is 0.0643. The summed E-state index contributed by atoms with van der Waals surface area (Å²) < 4.78 is 21.8. The lowest BCUT2D eigenvalue weighted by Gasteiger charge is -2.26. The predicted octanol–water partition coefficient (Wildman–Crippen LogP) is 3.45. The molecule has 0 radical (unpaired) electrons. The number of carbonyl (C=O) groups is 2. The van der Waals surface area contributed by atoms with Crippen LogP contribution in [0.2, 0.25) is 0 Å². The number of nitrogens with two attached hydrogens (primary N) is 1. The third-order valence-corrected chi connectivity index (χ3v) is 5.72. The van der Waals surface area contributed by atoms with Gasteiger partial charge in [-0.25, -0.2) is 0 Å². The summed E-state index contributed by atoms with van der Waals surface area (Å²) in [7, 11) is 0. The lowest BCUT2D eigenvalue weighted by Crippen LogP contribution is -2.35. The Morgan fingerprint density at radius 3 is 1.70 bits per heavy atom. The largest absolute Gasteiger partial charge is 0.379 e. The molecular formula is C25H48N2O6. The van der Waals surface area contributed by atoms with Crippen molar-refractivity contribution in [1.29, 1.82) is 0 Å². The number of carbonyl (C=O) groups excluding carboxylic acids is 2. The first-order valence-corrected chi connectivity index (χ1v) is 13.1. The number of nitrogens with zero attached hydrogens (tertiary/aromatic N) is 1. The molecule has 1 heterocycles. The van der Waals surface area contributed by atoms with Crippen LogP contribution in [0.1, 0.15) is 83.5 Å². The zero-order chi connectivity index (χ0) is 23.8. The van der Waals surface area contributed by atoms with E-state index in [-0.39, 0.29) is 5.91 Å². The van der Waals surface area contributed by atoms with E-state index < -0.39 is 0 Å². The minimum Gasteiger partial charge on any atom is -0.379 e. The second-order valence-electron chi connectivity index (χ2n) is 8.69. The van der Waals surface area contributed by atoms with Gasteiger partial charge in [-0.15, -0.1) is 0 Å². The Labute approximate surface area is 200 Å². The molecule has 0 atom stereocenters. The Bertz CT molecular complexity index is 478. The van der Waals surface area contributed by atoms with E-state index in [9.17, 15) is 9.59 Å². The van der Waals surface area contributed by atoms with Gasteiger partial charge < -0.3 is 29.6 Å². The Morgan fingerprint density at radius 2 is 1.15 bits per heavy atom. The molecule has 0 aliphatic carbocycles. The highest BCUT2D eigenvalue weighted by atomic mass is 16.6. The van der Waals surface area contributed by atoms with Crippen molar-refractivity contribution >= 4 is 11.8 Å². The maximum absolute atomic E-state index is 11.7. The normalized spacial score (nSPS) is 14.2. The number of amides is 2. The predicted molar refractivity (Wildman–Crippen MR) is 129 cm³/mol. The van der Waals surface area contributed by atoms with Gasteiger partial charge in [-0.2, -0.15) is 0 Å². The highest BCUT2D eigenvalue weighted by molar-refractivity contribution is 5.76. The van der Waals surface area contributed by atoms with Crippen LogP contribution in [0.3, 0.4) is 0 Å². The smallest absolute Gasteiger partial charge is 0.222 e. The number of hydrogen-bond donors (Lipinski definition) is 1. The molecule has 1 aliphatic heterocycles. The Hall–Kier alpha value is -1.22. The number of hydrogen-bond acceptors (Lipinski definition) is 6. The van der Waals surface area contributed by atoms with Crippen molar-refractivity contribution in [2.24, 2.45) is 5.73 Å². The number of rotatable bonds is 24. The zero-order valence-electron chi connectivity index (χ0n) is 20.7. The van der Waals surface area contributed by atoms with Gasteiger partial charge in [0, 0.05) is 39.1 Å². The van der Waals surface area contributed by atoms with Crippen LogP contribution >= 0.6 is 0 Å². The van der Waals surface area contributed by atoms with Crippen LogP contribution in [0, 0.1) is 0 Å². The molecule has 33 heavy (non-hydrogen) atoms. The standard InChI is InChI=1S/C25H48N2O6/c26-24(28)12-11-17-31-19-21-33-23-22-32-20-18-30-16-10-6-4-2-1-3-5-8-14-27-15-9-7-13-25(27)29/h1-23H2,(H2,26,28).